The molecule has 0 amide bonds. The number of ether oxygens (including phenoxy) is 1. The average Bonchev–Trinajstić information content (AvgIpc) is 2.38. The van der Waals surface area contributed by atoms with Crippen LogP contribution in [0.2, 0.25) is 0 Å². The van der Waals surface area contributed by atoms with Crippen LogP contribution in [-0.2, 0) is 14.4 Å². The number of benzene rings is 1. The van der Waals surface area contributed by atoms with E-state index in [1.807, 2.05) is 31.2 Å². The van der Waals surface area contributed by atoms with E-state index in [4.69, 9.17) is 9.57 Å². The molecule has 1 aromatic carbocycles. The van der Waals surface area contributed by atoms with E-state index in [-0.39, 0.29) is 12.4 Å². The summed E-state index contributed by atoms with van der Waals surface area (Å²) in [5, 5.41) is 3.99. The second-order valence-electron chi connectivity index (χ2n) is 3.97. The quantitative estimate of drug-likeness (QED) is 0.249. The van der Waals surface area contributed by atoms with Crippen molar-refractivity contribution in [3.05, 3.63) is 48.0 Å². The van der Waals surface area contributed by atoms with Crippen molar-refractivity contribution in [3.63, 3.8) is 0 Å². The highest BCUT2D eigenvalue weighted by Crippen LogP contribution is 2.09. The van der Waals surface area contributed by atoms with Gasteiger partial charge in [-0.3, -0.25) is 4.79 Å². The van der Waals surface area contributed by atoms with Crippen molar-refractivity contribution >= 4 is 11.7 Å². The Balaban J connectivity index is 2.88. The van der Waals surface area contributed by atoms with Gasteiger partial charge >= 0.3 is 5.97 Å². The van der Waals surface area contributed by atoms with Crippen LogP contribution >= 0.6 is 0 Å². The number of hydrogen-bond acceptors (Lipinski definition) is 4. The fraction of sp³-hybridized carbons (Fsp3) is 0.333. The maximum atomic E-state index is 11.6. The first kappa shape index (κ1) is 15.0. The first-order valence-electron chi connectivity index (χ1n) is 6.19. The van der Waals surface area contributed by atoms with Gasteiger partial charge in [0, 0.05) is 5.56 Å². The predicted molar refractivity (Wildman–Crippen MR) is 75.1 cm³/mol. The van der Waals surface area contributed by atoms with Crippen LogP contribution < -0.4 is 0 Å². The predicted octanol–water partition coefficient (Wildman–Crippen LogP) is 2.85. The van der Waals surface area contributed by atoms with Crippen LogP contribution in [0.15, 0.2) is 42.1 Å². The fourth-order valence-electron chi connectivity index (χ4n) is 1.53. The van der Waals surface area contributed by atoms with Gasteiger partial charge in [-0.2, -0.15) is 0 Å². The second kappa shape index (κ2) is 8.08. The molecule has 0 N–H and O–H groups in total. The lowest BCUT2D eigenvalue weighted by Gasteiger charge is -2.07. The van der Waals surface area contributed by atoms with Crippen molar-refractivity contribution in [2.45, 2.75) is 20.3 Å². The average molecular weight is 261 g/mol. The van der Waals surface area contributed by atoms with Gasteiger partial charge in [-0.1, -0.05) is 47.6 Å². The lowest BCUT2D eigenvalue weighted by Crippen LogP contribution is -2.13. The molecule has 0 atom stereocenters. The fourth-order valence-corrected chi connectivity index (χ4v) is 1.53. The van der Waals surface area contributed by atoms with Crippen molar-refractivity contribution in [3.8, 4) is 0 Å². The molecule has 0 saturated heterocycles. The third kappa shape index (κ3) is 5.38. The minimum absolute atomic E-state index is 0.0917. The molecule has 0 saturated carbocycles. The van der Waals surface area contributed by atoms with Crippen molar-refractivity contribution < 1.29 is 14.4 Å². The molecule has 0 heterocycles. The molecule has 19 heavy (non-hydrogen) atoms. The summed E-state index contributed by atoms with van der Waals surface area (Å²) in [6.07, 6.45) is 1.69. The number of nitrogens with zero attached hydrogens (tertiary/aromatic N) is 1. The molecule has 1 rings (SSSR count). The first-order valence-corrected chi connectivity index (χ1v) is 6.19. The van der Waals surface area contributed by atoms with Crippen LogP contribution in [-0.4, -0.2) is 24.9 Å². The number of rotatable bonds is 7. The molecule has 0 aliphatic rings. The highest BCUT2D eigenvalue weighted by molar-refractivity contribution is 6.09. The van der Waals surface area contributed by atoms with E-state index < -0.39 is 0 Å². The monoisotopic (exact) mass is 261 g/mol. The van der Waals surface area contributed by atoms with E-state index in [9.17, 15) is 4.79 Å². The smallest absolute Gasteiger partial charge is 0.312 e. The summed E-state index contributed by atoms with van der Waals surface area (Å²) in [5.41, 5.74) is 2.51. The Kier molecular flexibility index (Phi) is 6.36. The maximum Gasteiger partial charge on any atom is 0.312 e. The lowest BCUT2D eigenvalue weighted by molar-refractivity contribution is -0.141. The third-order valence-corrected chi connectivity index (χ3v) is 2.34. The van der Waals surface area contributed by atoms with Crippen molar-refractivity contribution in [2.24, 2.45) is 5.16 Å². The van der Waals surface area contributed by atoms with E-state index in [2.05, 4.69) is 11.7 Å². The molecule has 0 aliphatic heterocycles. The van der Waals surface area contributed by atoms with Gasteiger partial charge in [-0.15, -0.1) is 0 Å². The number of esters is 1. The highest BCUT2D eigenvalue weighted by atomic mass is 16.6. The van der Waals surface area contributed by atoms with Crippen LogP contribution in [0.1, 0.15) is 24.5 Å². The van der Waals surface area contributed by atoms with Gasteiger partial charge in [-0.25, -0.2) is 0 Å². The van der Waals surface area contributed by atoms with Crippen molar-refractivity contribution in [2.75, 3.05) is 13.2 Å². The Morgan fingerprint density at radius 2 is 2.26 bits per heavy atom. The second-order valence-corrected chi connectivity index (χ2v) is 3.97. The molecule has 0 fully saturated rings. The van der Waals surface area contributed by atoms with Gasteiger partial charge in [0.05, 0.1) is 18.7 Å². The SMILES string of the molecule is C=CCO/N=C(\CC(=O)OCC)c1cccc(C)c1. The third-order valence-electron chi connectivity index (χ3n) is 2.34. The van der Waals surface area contributed by atoms with Gasteiger partial charge in [0.2, 0.25) is 0 Å². The number of aryl methyl sites for hydroxylation is 1. The summed E-state index contributed by atoms with van der Waals surface area (Å²) in [4.78, 5) is 16.6. The minimum atomic E-state index is -0.315. The molecule has 0 unspecified atom stereocenters. The van der Waals surface area contributed by atoms with E-state index in [1.165, 1.54) is 0 Å². The van der Waals surface area contributed by atoms with Crippen LogP contribution in [0, 0.1) is 6.92 Å². The van der Waals surface area contributed by atoms with Crippen LogP contribution in [0.4, 0.5) is 0 Å². The molecule has 4 nitrogen and oxygen atoms in total. The summed E-state index contributed by atoms with van der Waals surface area (Å²) in [6, 6.07) is 7.74. The van der Waals surface area contributed by atoms with Gasteiger partial charge in [0.1, 0.15) is 6.61 Å². The van der Waals surface area contributed by atoms with Crippen LogP contribution in [0.3, 0.4) is 0 Å². The molecule has 1 aromatic rings. The zero-order valence-electron chi connectivity index (χ0n) is 11.4. The van der Waals surface area contributed by atoms with E-state index in [0.717, 1.165) is 11.1 Å². The Hall–Kier alpha value is -2.10. The summed E-state index contributed by atoms with van der Waals surface area (Å²) < 4.78 is 4.93. The summed E-state index contributed by atoms with van der Waals surface area (Å²) in [7, 11) is 0. The molecule has 0 aromatic heterocycles. The standard InChI is InChI=1S/C15H19NO3/c1-4-9-19-16-14(11-15(17)18-5-2)13-8-6-7-12(3)10-13/h4,6-8,10H,1,5,9,11H2,2-3H3/b16-14+. The molecular formula is C15H19NO3. The molecule has 102 valence electrons. The zero-order valence-corrected chi connectivity index (χ0v) is 11.4. The molecular weight excluding hydrogens is 242 g/mol. The highest BCUT2D eigenvalue weighted by Gasteiger charge is 2.12. The van der Waals surface area contributed by atoms with E-state index in [0.29, 0.717) is 18.9 Å². The Bertz CT molecular complexity index is 466. The Morgan fingerprint density at radius 3 is 2.89 bits per heavy atom. The van der Waals surface area contributed by atoms with E-state index >= 15 is 0 Å². The topological polar surface area (TPSA) is 47.9 Å². The molecule has 0 aliphatic carbocycles. The normalized spacial score (nSPS) is 10.9. The minimum Gasteiger partial charge on any atom is -0.466 e. The number of hydrogen-bond donors (Lipinski definition) is 0. The lowest BCUT2D eigenvalue weighted by atomic mass is 10.1. The number of oxime groups is 1. The summed E-state index contributed by atoms with van der Waals surface area (Å²) >= 11 is 0. The Morgan fingerprint density at radius 1 is 1.47 bits per heavy atom. The van der Waals surface area contributed by atoms with E-state index in [1.54, 1.807) is 13.0 Å². The van der Waals surface area contributed by atoms with Crippen molar-refractivity contribution in [1.29, 1.82) is 0 Å². The first-order chi connectivity index (χ1) is 9.17. The molecule has 4 heteroatoms. The molecule has 0 radical (unpaired) electrons. The largest absolute Gasteiger partial charge is 0.466 e. The molecule has 0 spiro atoms. The van der Waals surface area contributed by atoms with Crippen molar-refractivity contribution in [1.82, 2.24) is 0 Å². The summed E-state index contributed by atoms with van der Waals surface area (Å²) in [5.74, 6) is -0.315. The van der Waals surface area contributed by atoms with Crippen LogP contribution in [0.25, 0.3) is 0 Å². The van der Waals surface area contributed by atoms with Gasteiger partial charge in [0.15, 0.2) is 0 Å². The zero-order chi connectivity index (χ0) is 14.1. The van der Waals surface area contributed by atoms with Crippen LogP contribution in [0.5, 0.6) is 0 Å². The maximum absolute atomic E-state index is 11.6. The van der Waals surface area contributed by atoms with Gasteiger partial charge < -0.3 is 9.57 Å². The van der Waals surface area contributed by atoms with Gasteiger partial charge in [-0.05, 0) is 13.8 Å². The molecule has 0 bridgehead atoms. The number of carbonyl (C=O) groups is 1. The summed E-state index contributed by atoms with van der Waals surface area (Å²) in [6.45, 7) is 7.96. The number of carbonyl (C=O) groups excluding carboxylic acids is 1. The Labute approximate surface area is 113 Å². The van der Waals surface area contributed by atoms with Gasteiger partial charge in [0.25, 0.3) is 0 Å².